The van der Waals surface area contributed by atoms with Crippen molar-refractivity contribution in [3.8, 4) is 0 Å². The van der Waals surface area contributed by atoms with Gasteiger partial charge >= 0.3 is 0 Å². The van der Waals surface area contributed by atoms with Gasteiger partial charge in [0.1, 0.15) is 17.8 Å². The van der Waals surface area contributed by atoms with Gasteiger partial charge in [-0.1, -0.05) is 37.3 Å². The van der Waals surface area contributed by atoms with Crippen LogP contribution in [0.15, 0.2) is 30.3 Å². The Morgan fingerprint density at radius 1 is 1.39 bits per heavy atom. The molecule has 0 amide bonds. The van der Waals surface area contributed by atoms with E-state index in [2.05, 4.69) is 6.92 Å². The molecular weight excluding hydrogens is 248 g/mol. The molecule has 3 atom stereocenters. The van der Waals surface area contributed by atoms with Gasteiger partial charge in [-0.3, -0.25) is 0 Å². The van der Waals surface area contributed by atoms with Crippen LogP contribution in [0.2, 0.25) is 0 Å². The van der Waals surface area contributed by atoms with Crippen LogP contribution >= 0.6 is 11.8 Å². The summed E-state index contributed by atoms with van der Waals surface area (Å²) >= 11 is 1.75. The van der Waals surface area contributed by atoms with Crippen LogP contribution in [-0.2, 0) is 10.3 Å². The zero-order valence-electron chi connectivity index (χ0n) is 10.6. The van der Waals surface area contributed by atoms with Crippen molar-refractivity contribution in [2.75, 3.05) is 18.1 Å². The van der Waals surface area contributed by atoms with E-state index >= 15 is 0 Å². The summed E-state index contributed by atoms with van der Waals surface area (Å²) in [6, 6.07) is 9.32. The number of aliphatic hydroxyl groups excluding tert-OH is 1. The Balaban J connectivity index is 2.15. The molecule has 3 unspecified atom stereocenters. The van der Waals surface area contributed by atoms with E-state index in [-0.39, 0.29) is 12.7 Å². The van der Waals surface area contributed by atoms with E-state index in [1.807, 2.05) is 30.3 Å². The summed E-state index contributed by atoms with van der Waals surface area (Å²) in [4.78, 5) is 0. The third-order valence-corrected chi connectivity index (χ3v) is 4.54. The van der Waals surface area contributed by atoms with E-state index in [9.17, 15) is 10.2 Å². The van der Waals surface area contributed by atoms with Crippen LogP contribution in [0.25, 0.3) is 0 Å². The van der Waals surface area contributed by atoms with E-state index in [1.165, 1.54) is 0 Å². The second-order valence-corrected chi connectivity index (χ2v) is 5.75. The lowest BCUT2D eigenvalue weighted by molar-refractivity contribution is -0.0756. The second kappa shape index (κ2) is 6.06. The monoisotopic (exact) mass is 268 g/mol. The first-order valence-electron chi connectivity index (χ1n) is 6.35. The molecule has 0 bridgehead atoms. The van der Waals surface area contributed by atoms with Crippen molar-refractivity contribution in [2.45, 2.75) is 31.2 Å². The first-order valence-corrected chi connectivity index (χ1v) is 7.50. The van der Waals surface area contributed by atoms with E-state index < -0.39 is 11.7 Å². The third-order valence-electron chi connectivity index (χ3n) is 3.31. The van der Waals surface area contributed by atoms with Crippen LogP contribution in [0.1, 0.15) is 18.9 Å². The van der Waals surface area contributed by atoms with Crippen molar-refractivity contribution < 1.29 is 14.9 Å². The van der Waals surface area contributed by atoms with Crippen molar-refractivity contribution in [3.05, 3.63) is 35.9 Å². The van der Waals surface area contributed by atoms with Crippen LogP contribution in [-0.4, -0.2) is 40.5 Å². The van der Waals surface area contributed by atoms with E-state index in [0.717, 1.165) is 17.7 Å². The zero-order valence-corrected chi connectivity index (χ0v) is 11.4. The number of ether oxygens (including phenoxy) is 1. The average molecular weight is 268 g/mol. The Morgan fingerprint density at radius 3 is 2.78 bits per heavy atom. The molecule has 0 aliphatic carbocycles. The Morgan fingerprint density at radius 2 is 2.11 bits per heavy atom. The molecule has 0 aromatic heterocycles. The maximum atomic E-state index is 10.8. The van der Waals surface area contributed by atoms with Crippen molar-refractivity contribution in [1.29, 1.82) is 0 Å². The quantitative estimate of drug-likeness (QED) is 0.799. The van der Waals surface area contributed by atoms with Gasteiger partial charge in [-0.2, -0.15) is 11.8 Å². The number of benzene rings is 1. The molecule has 1 aromatic rings. The van der Waals surface area contributed by atoms with Crippen LogP contribution in [0.5, 0.6) is 0 Å². The Labute approximate surface area is 112 Å². The molecule has 1 heterocycles. The molecule has 18 heavy (non-hydrogen) atoms. The summed E-state index contributed by atoms with van der Waals surface area (Å²) in [5.74, 6) is 1.75. The van der Waals surface area contributed by atoms with Gasteiger partial charge in [0.25, 0.3) is 0 Å². The highest BCUT2D eigenvalue weighted by Gasteiger charge is 2.50. The molecule has 2 N–H and O–H groups in total. The number of hydrogen-bond acceptors (Lipinski definition) is 4. The summed E-state index contributed by atoms with van der Waals surface area (Å²) in [6.07, 6.45) is -0.0949. The summed E-state index contributed by atoms with van der Waals surface area (Å²) in [5, 5.41) is 20.8. The molecule has 1 aliphatic rings. The molecule has 3 nitrogen and oxygen atoms in total. The molecule has 1 saturated heterocycles. The highest BCUT2D eigenvalue weighted by molar-refractivity contribution is 7.99. The zero-order chi connectivity index (χ0) is 13.0. The first-order chi connectivity index (χ1) is 8.69. The predicted octanol–water partition coefficient (Wildman–Crippen LogP) is 1.78. The van der Waals surface area contributed by atoms with E-state index in [4.69, 9.17) is 4.74 Å². The number of rotatable bonds is 5. The minimum atomic E-state index is -1.28. The first kappa shape index (κ1) is 13.9. The molecule has 0 radical (unpaired) electrons. The predicted molar refractivity (Wildman–Crippen MR) is 73.7 cm³/mol. The molecule has 0 saturated carbocycles. The molecule has 1 aromatic carbocycles. The smallest absolute Gasteiger partial charge is 0.144 e. The number of thioether (sulfide) groups is 1. The summed E-state index contributed by atoms with van der Waals surface area (Å²) in [6.45, 7) is 2.32. The highest BCUT2D eigenvalue weighted by atomic mass is 32.2. The van der Waals surface area contributed by atoms with E-state index in [1.54, 1.807) is 11.8 Å². The van der Waals surface area contributed by atoms with Crippen LogP contribution < -0.4 is 0 Å². The fourth-order valence-electron chi connectivity index (χ4n) is 2.27. The van der Waals surface area contributed by atoms with Crippen molar-refractivity contribution in [1.82, 2.24) is 0 Å². The lowest BCUT2D eigenvalue weighted by Gasteiger charge is -2.31. The van der Waals surface area contributed by atoms with Gasteiger partial charge in [0, 0.05) is 5.75 Å². The molecular formula is C14H20O3S. The largest absolute Gasteiger partial charge is 0.387 e. The highest BCUT2D eigenvalue weighted by Crippen LogP contribution is 2.37. The van der Waals surface area contributed by atoms with Crippen molar-refractivity contribution >= 4 is 11.8 Å². The van der Waals surface area contributed by atoms with Gasteiger partial charge in [-0.15, -0.1) is 0 Å². The summed E-state index contributed by atoms with van der Waals surface area (Å²) < 4.78 is 5.56. The standard InChI is InChI=1S/C14H20O3S/c1-2-8-18-10-13-14(16,12(15)9-17-13)11-6-4-3-5-7-11/h3-7,12-13,15-16H,2,8-10H2,1H3. The van der Waals surface area contributed by atoms with Gasteiger partial charge in [0.2, 0.25) is 0 Å². The molecule has 2 rings (SSSR count). The van der Waals surface area contributed by atoms with Gasteiger partial charge in [0.05, 0.1) is 6.61 Å². The minimum absolute atomic E-state index is 0.197. The van der Waals surface area contributed by atoms with Gasteiger partial charge in [0.15, 0.2) is 0 Å². The number of aliphatic hydroxyl groups is 2. The van der Waals surface area contributed by atoms with Gasteiger partial charge in [-0.05, 0) is 17.7 Å². The lowest BCUT2D eigenvalue weighted by atomic mass is 9.86. The van der Waals surface area contributed by atoms with Crippen LogP contribution in [0, 0.1) is 0 Å². The van der Waals surface area contributed by atoms with Gasteiger partial charge in [-0.25, -0.2) is 0 Å². The van der Waals surface area contributed by atoms with Crippen LogP contribution in [0.3, 0.4) is 0 Å². The minimum Gasteiger partial charge on any atom is -0.387 e. The second-order valence-electron chi connectivity index (χ2n) is 4.60. The molecule has 100 valence electrons. The fraction of sp³-hybridized carbons (Fsp3) is 0.571. The van der Waals surface area contributed by atoms with Crippen LogP contribution in [0.4, 0.5) is 0 Å². The molecule has 1 fully saturated rings. The third kappa shape index (κ3) is 2.57. The fourth-order valence-corrected chi connectivity index (χ4v) is 3.29. The van der Waals surface area contributed by atoms with Crippen molar-refractivity contribution in [3.63, 3.8) is 0 Å². The lowest BCUT2D eigenvalue weighted by Crippen LogP contribution is -2.45. The van der Waals surface area contributed by atoms with Crippen molar-refractivity contribution in [2.24, 2.45) is 0 Å². The Hall–Kier alpha value is -0.550. The average Bonchev–Trinajstić information content (AvgIpc) is 2.69. The SMILES string of the molecule is CCCSCC1OCC(O)C1(O)c1ccccc1. The topological polar surface area (TPSA) is 49.7 Å². The van der Waals surface area contributed by atoms with E-state index in [0.29, 0.717) is 5.75 Å². The molecule has 0 spiro atoms. The Bertz CT molecular complexity index is 371. The summed E-state index contributed by atoms with van der Waals surface area (Å²) in [7, 11) is 0. The molecule has 1 aliphatic heterocycles. The summed E-state index contributed by atoms with van der Waals surface area (Å²) in [5.41, 5.74) is -0.542. The number of hydrogen-bond donors (Lipinski definition) is 2. The molecule has 4 heteroatoms. The maximum absolute atomic E-state index is 10.8. The van der Waals surface area contributed by atoms with Gasteiger partial charge < -0.3 is 14.9 Å². The Kier molecular flexibility index (Phi) is 4.67. The maximum Gasteiger partial charge on any atom is 0.144 e. The normalized spacial score (nSPS) is 31.7.